The molecule has 7 rings (SSSR count). The molecule has 0 fully saturated rings. The zero-order valence-corrected chi connectivity index (χ0v) is 38.4. The van der Waals surface area contributed by atoms with Gasteiger partial charge in [0.25, 0.3) is 0 Å². The Hall–Kier alpha value is -6.30. The Morgan fingerprint density at radius 2 is 0.333 bits per heavy atom. The summed E-state index contributed by atoms with van der Waals surface area (Å²) in [4.78, 5) is 60.3. The van der Waals surface area contributed by atoms with Gasteiger partial charge in [0, 0.05) is 50.9 Å². The van der Waals surface area contributed by atoms with Crippen molar-refractivity contribution in [1.29, 1.82) is 0 Å². The third-order valence-electron chi connectivity index (χ3n) is 12.2. The van der Waals surface area contributed by atoms with Gasteiger partial charge in [0.05, 0.1) is 51.2 Å². The lowest BCUT2D eigenvalue weighted by molar-refractivity contribution is 0.979. The van der Waals surface area contributed by atoms with Gasteiger partial charge < -0.3 is 0 Å². The summed E-state index contributed by atoms with van der Waals surface area (Å²) in [5.41, 5.74) is 23.4. The van der Waals surface area contributed by atoms with Crippen molar-refractivity contribution < 1.29 is 0 Å². The SMILES string of the molecule is Cc1nc(-c2c(C)c(-c3nc(C)c(-c4nc(C)c(C)c(C)n4)nc3C)c(C)c(-c3nc(C)c(-c4nc(C)c(C)c(C)n4)nc3C)c2C)c(C)nc1-c1nc(C)c(C)c(C)n1. The van der Waals surface area contributed by atoms with Crippen molar-refractivity contribution >= 4 is 0 Å². The van der Waals surface area contributed by atoms with Crippen LogP contribution in [0.3, 0.4) is 0 Å². The van der Waals surface area contributed by atoms with Crippen LogP contribution in [0, 0.1) is 125 Å². The third kappa shape index (κ3) is 7.01. The Bertz CT molecular complexity index is 2560. The standard InChI is InChI=1S/C48H54N12/c1-19-25(7)55-46(56-26(19)8)43-34(16)49-40(31(13)52-43)37-22(4)38(41-32(14)53-44(35(17)50-41)47-57-27(9)20(2)28(10)58-47)24(6)39(23(37)5)42-33(15)54-45(36(18)51-42)48-59-29(11)21(3)30(12)60-48/h1-18H3. The van der Waals surface area contributed by atoms with Crippen molar-refractivity contribution in [3.63, 3.8) is 0 Å². The van der Waals surface area contributed by atoms with Crippen molar-refractivity contribution in [3.8, 4) is 68.3 Å². The first-order chi connectivity index (χ1) is 28.2. The van der Waals surface area contributed by atoms with E-state index in [1.54, 1.807) is 0 Å². The van der Waals surface area contributed by atoms with E-state index in [9.17, 15) is 0 Å². The van der Waals surface area contributed by atoms with Crippen LogP contribution in [0.2, 0.25) is 0 Å². The minimum Gasteiger partial charge on any atom is -0.249 e. The molecule has 12 heteroatoms. The van der Waals surface area contributed by atoms with Gasteiger partial charge in [-0.2, -0.15) is 0 Å². The fraction of sp³-hybridized carbons (Fsp3) is 0.375. The van der Waals surface area contributed by atoms with Gasteiger partial charge in [-0.15, -0.1) is 0 Å². The van der Waals surface area contributed by atoms with Gasteiger partial charge in [0.1, 0.15) is 17.1 Å². The highest BCUT2D eigenvalue weighted by Crippen LogP contribution is 2.45. The molecule has 7 aromatic rings. The van der Waals surface area contributed by atoms with Gasteiger partial charge in [0.15, 0.2) is 17.5 Å². The fourth-order valence-corrected chi connectivity index (χ4v) is 8.07. The Morgan fingerprint density at radius 1 is 0.167 bits per heavy atom. The van der Waals surface area contributed by atoms with Crippen LogP contribution in [-0.2, 0) is 0 Å². The highest BCUT2D eigenvalue weighted by molar-refractivity contribution is 5.91. The summed E-state index contributed by atoms with van der Waals surface area (Å²) in [7, 11) is 0. The van der Waals surface area contributed by atoms with Gasteiger partial charge in [-0.25, -0.2) is 59.8 Å². The topological polar surface area (TPSA) is 155 Å². The molecule has 0 radical (unpaired) electrons. The summed E-state index contributed by atoms with van der Waals surface area (Å²) in [6.45, 7) is 36.5. The van der Waals surface area contributed by atoms with Gasteiger partial charge in [-0.1, -0.05) is 0 Å². The maximum absolute atomic E-state index is 5.31. The van der Waals surface area contributed by atoms with E-state index in [2.05, 4.69) is 20.8 Å². The zero-order chi connectivity index (χ0) is 43.8. The third-order valence-corrected chi connectivity index (χ3v) is 12.2. The molecule has 6 heterocycles. The molecule has 60 heavy (non-hydrogen) atoms. The van der Waals surface area contributed by atoms with E-state index >= 15 is 0 Å². The second kappa shape index (κ2) is 15.4. The minimum atomic E-state index is 0.572. The number of benzene rings is 1. The van der Waals surface area contributed by atoms with Crippen LogP contribution in [0.15, 0.2) is 0 Å². The number of aryl methyl sites for hydroxylation is 12. The molecule has 0 aliphatic rings. The van der Waals surface area contributed by atoms with Crippen LogP contribution in [-0.4, -0.2) is 59.8 Å². The van der Waals surface area contributed by atoms with Gasteiger partial charge in [-0.3, -0.25) is 0 Å². The molecule has 0 aliphatic carbocycles. The van der Waals surface area contributed by atoms with Crippen molar-refractivity contribution in [2.45, 2.75) is 125 Å². The average molecular weight is 799 g/mol. The second-order valence-corrected chi connectivity index (χ2v) is 16.3. The summed E-state index contributed by atoms with van der Waals surface area (Å²) < 4.78 is 0. The lowest BCUT2D eigenvalue weighted by Crippen LogP contribution is -2.11. The van der Waals surface area contributed by atoms with Crippen molar-refractivity contribution in [2.24, 2.45) is 0 Å². The molecule has 0 saturated carbocycles. The summed E-state index contributed by atoms with van der Waals surface area (Å²) in [5, 5.41) is 0. The molecule has 0 saturated heterocycles. The minimum absolute atomic E-state index is 0.572. The maximum Gasteiger partial charge on any atom is 0.180 e. The van der Waals surface area contributed by atoms with E-state index in [-0.39, 0.29) is 0 Å². The highest BCUT2D eigenvalue weighted by Gasteiger charge is 2.28. The number of aromatic nitrogens is 12. The van der Waals surface area contributed by atoms with Gasteiger partial charge in [-0.05, 0) is 158 Å². The number of nitrogens with zero attached hydrogens (tertiary/aromatic N) is 12. The predicted octanol–water partition coefficient (Wildman–Crippen LogP) is 9.98. The van der Waals surface area contributed by atoms with Crippen LogP contribution in [0.5, 0.6) is 0 Å². The molecular formula is C48H54N12. The van der Waals surface area contributed by atoms with E-state index in [1.165, 1.54) is 0 Å². The summed E-state index contributed by atoms with van der Waals surface area (Å²) in [5.74, 6) is 1.72. The van der Waals surface area contributed by atoms with E-state index < -0.39 is 0 Å². The first kappa shape index (κ1) is 41.8. The van der Waals surface area contributed by atoms with E-state index in [0.29, 0.717) is 34.6 Å². The van der Waals surface area contributed by atoms with E-state index in [4.69, 9.17) is 59.8 Å². The number of hydrogen-bond acceptors (Lipinski definition) is 12. The molecule has 12 nitrogen and oxygen atoms in total. The lowest BCUT2D eigenvalue weighted by atomic mass is 9.83. The van der Waals surface area contributed by atoms with Crippen LogP contribution in [0.25, 0.3) is 68.3 Å². The highest BCUT2D eigenvalue weighted by atomic mass is 15.0. The predicted molar refractivity (Wildman–Crippen MR) is 238 cm³/mol. The second-order valence-electron chi connectivity index (χ2n) is 16.3. The number of hydrogen-bond donors (Lipinski definition) is 0. The first-order valence-electron chi connectivity index (χ1n) is 20.4. The van der Waals surface area contributed by atoms with Crippen molar-refractivity contribution in [1.82, 2.24) is 59.8 Å². The van der Waals surface area contributed by atoms with Crippen molar-refractivity contribution in [2.75, 3.05) is 0 Å². The Balaban J connectivity index is 1.52. The largest absolute Gasteiger partial charge is 0.249 e. The molecule has 0 bridgehead atoms. The summed E-state index contributed by atoms with van der Waals surface area (Å²) in [6, 6.07) is 0. The fourth-order valence-electron chi connectivity index (χ4n) is 8.07. The Morgan fingerprint density at radius 3 is 0.533 bits per heavy atom. The van der Waals surface area contributed by atoms with Crippen LogP contribution in [0.1, 0.15) is 102 Å². The zero-order valence-electron chi connectivity index (χ0n) is 38.4. The average Bonchev–Trinajstić information content (AvgIpc) is 3.17. The van der Waals surface area contributed by atoms with Crippen molar-refractivity contribution in [3.05, 3.63) is 102 Å². The van der Waals surface area contributed by atoms with Gasteiger partial charge in [0.2, 0.25) is 0 Å². The molecular weight excluding hydrogens is 745 g/mol. The maximum atomic E-state index is 5.31. The number of rotatable bonds is 6. The Labute approximate surface area is 353 Å². The molecule has 0 spiro atoms. The normalized spacial score (nSPS) is 11.5. The molecule has 6 aromatic heterocycles. The molecule has 306 valence electrons. The van der Waals surface area contributed by atoms with E-state index in [1.807, 2.05) is 104 Å². The Kier molecular flexibility index (Phi) is 10.7. The summed E-state index contributed by atoms with van der Waals surface area (Å²) >= 11 is 0. The lowest BCUT2D eigenvalue weighted by Gasteiger charge is -2.24. The first-order valence-corrected chi connectivity index (χ1v) is 20.4. The van der Waals surface area contributed by atoms with Crippen LogP contribution < -0.4 is 0 Å². The molecule has 0 aliphatic heterocycles. The van der Waals surface area contributed by atoms with Gasteiger partial charge >= 0.3 is 0 Å². The monoisotopic (exact) mass is 798 g/mol. The van der Waals surface area contributed by atoms with Crippen LogP contribution >= 0.6 is 0 Å². The molecule has 0 atom stereocenters. The van der Waals surface area contributed by atoms with E-state index in [0.717, 1.165) is 135 Å². The van der Waals surface area contributed by atoms with Crippen LogP contribution in [0.4, 0.5) is 0 Å². The molecule has 1 aromatic carbocycles. The smallest absolute Gasteiger partial charge is 0.180 e. The quantitative estimate of drug-likeness (QED) is 0.157. The molecule has 0 amide bonds. The summed E-state index contributed by atoms with van der Waals surface area (Å²) in [6.07, 6.45) is 0. The molecule has 0 unspecified atom stereocenters. The molecule has 0 N–H and O–H groups in total.